The van der Waals surface area contributed by atoms with Crippen LogP contribution in [-0.4, -0.2) is 5.54 Å². The summed E-state index contributed by atoms with van der Waals surface area (Å²) >= 11 is 0. The van der Waals surface area contributed by atoms with E-state index in [9.17, 15) is 0 Å². The Morgan fingerprint density at radius 2 is 1.93 bits per heavy atom. The highest BCUT2D eigenvalue weighted by molar-refractivity contribution is 4.96. The van der Waals surface area contributed by atoms with Crippen LogP contribution in [-0.2, 0) is 0 Å². The Kier molecular flexibility index (Phi) is 3.63. The van der Waals surface area contributed by atoms with Gasteiger partial charge in [0.2, 0.25) is 0 Å². The molecule has 0 saturated heterocycles. The maximum atomic E-state index is 6.51. The van der Waals surface area contributed by atoms with E-state index in [1.807, 2.05) is 0 Å². The van der Waals surface area contributed by atoms with Gasteiger partial charge in [0.05, 0.1) is 0 Å². The summed E-state index contributed by atoms with van der Waals surface area (Å²) in [7, 11) is 0. The van der Waals surface area contributed by atoms with Gasteiger partial charge in [0.1, 0.15) is 0 Å². The molecule has 1 rings (SSSR count). The Hall–Kier alpha value is -0.0400. The maximum Gasteiger partial charge on any atom is 0.0162 e. The van der Waals surface area contributed by atoms with Gasteiger partial charge in [-0.1, -0.05) is 40.5 Å². The quantitative estimate of drug-likeness (QED) is 0.733. The van der Waals surface area contributed by atoms with Gasteiger partial charge in [-0.2, -0.15) is 0 Å². The summed E-state index contributed by atoms with van der Waals surface area (Å²) in [5.74, 6) is 0.806. The van der Waals surface area contributed by atoms with Gasteiger partial charge in [0.15, 0.2) is 0 Å². The molecule has 0 bridgehead atoms. The van der Waals surface area contributed by atoms with Crippen LogP contribution < -0.4 is 5.73 Å². The van der Waals surface area contributed by atoms with Crippen molar-refractivity contribution in [3.8, 4) is 0 Å². The molecule has 1 nitrogen and oxygen atoms in total. The largest absolute Gasteiger partial charge is 0.325 e. The molecule has 2 N–H and O–H groups in total. The van der Waals surface area contributed by atoms with Gasteiger partial charge in [-0.3, -0.25) is 0 Å². The van der Waals surface area contributed by atoms with Crippen LogP contribution in [0.15, 0.2) is 0 Å². The second kappa shape index (κ2) is 4.22. The normalized spacial score (nSPS) is 37.1. The van der Waals surface area contributed by atoms with Crippen molar-refractivity contribution in [1.82, 2.24) is 0 Å². The highest BCUT2D eigenvalue weighted by Crippen LogP contribution is 2.44. The first kappa shape index (κ1) is 12.0. The fourth-order valence-electron chi connectivity index (χ4n) is 3.53. The predicted molar refractivity (Wildman–Crippen MR) is 63.2 cm³/mol. The van der Waals surface area contributed by atoms with Crippen LogP contribution in [0.1, 0.15) is 66.2 Å². The van der Waals surface area contributed by atoms with Gasteiger partial charge in [-0.25, -0.2) is 0 Å². The number of hydrogen-bond acceptors (Lipinski definition) is 1. The number of nitrogens with two attached hydrogens (primary N) is 1. The molecule has 1 aliphatic rings. The first-order chi connectivity index (χ1) is 6.37. The number of unbranched alkanes of at least 4 members (excludes halogenated alkanes) is 1. The van der Waals surface area contributed by atoms with E-state index in [0.29, 0.717) is 5.41 Å². The van der Waals surface area contributed by atoms with Crippen molar-refractivity contribution in [2.75, 3.05) is 0 Å². The van der Waals surface area contributed by atoms with E-state index in [1.165, 1.54) is 38.5 Å². The summed E-state index contributed by atoms with van der Waals surface area (Å²) in [6, 6.07) is 0. The van der Waals surface area contributed by atoms with Crippen LogP contribution in [0.5, 0.6) is 0 Å². The molecule has 0 heterocycles. The Morgan fingerprint density at radius 3 is 2.43 bits per heavy atom. The van der Waals surface area contributed by atoms with Gasteiger partial charge in [-0.05, 0) is 37.0 Å². The van der Waals surface area contributed by atoms with Crippen LogP contribution in [0, 0.1) is 11.3 Å². The van der Waals surface area contributed by atoms with Crippen molar-refractivity contribution in [3.05, 3.63) is 0 Å². The summed E-state index contributed by atoms with van der Waals surface area (Å²) in [5, 5.41) is 0. The molecule has 0 radical (unpaired) electrons. The first-order valence-corrected chi connectivity index (χ1v) is 6.16. The molecular formula is C13H27N. The lowest BCUT2D eigenvalue weighted by Gasteiger charge is -2.46. The third-order valence-corrected chi connectivity index (χ3v) is 3.51. The zero-order chi connectivity index (χ0) is 10.8. The molecule has 1 heteroatoms. The van der Waals surface area contributed by atoms with Crippen LogP contribution in [0.2, 0.25) is 0 Å². The third-order valence-electron chi connectivity index (χ3n) is 3.51. The van der Waals surface area contributed by atoms with Crippen molar-refractivity contribution < 1.29 is 0 Å². The van der Waals surface area contributed by atoms with Crippen molar-refractivity contribution in [2.24, 2.45) is 17.1 Å². The number of hydrogen-bond donors (Lipinski definition) is 1. The Bertz CT molecular complexity index is 186. The van der Waals surface area contributed by atoms with E-state index in [1.54, 1.807) is 0 Å². The topological polar surface area (TPSA) is 26.0 Å². The minimum atomic E-state index is 0.136. The van der Waals surface area contributed by atoms with Crippen LogP contribution >= 0.6 is 0 Å². The van der Waals surface area contributed by atoms with Gasteiger partial charge in [-0.15, -0.1) is 0 Å². The predicted octanol–water partition coefficient (Wildman–Crippen LogP) is 3.72. The van der Waals surface area contributed by atoms with E-state index in [0.717, 1.165) is 5.92 Å². The molecule has 1 fully saturated rings. The van der Waals surface area contributed by atoms with Crippen LogP contribution in [0.25, 0.3) is 0 Å². The summed E-state index contributed by atoms with van der Waals surface area (Å²) < 4.78 is 0. The third kappa shape index (κ3) is 3.27. The smallest absolute Gasteiger partial charge is 0.0162 e. The molecule has 0 aromatic heterocycles. The lowest BCUT2D eigenvalue weighted by atomic mass is 9.63. The van der Waals surface area contributed by atoms with Gasteiger partial charge >= 0.3 is 0 Å². The first-order valence-electron chi connectivity index (χ1n) is 6.16. The molecular weight excluding hydrogens is 170 g/mol. The highest BCUT2D eigenvalue weighted by atomic mass is 14.8. The van der Waals surface area contributed by atoms with Crippen molar-refractivity contribution in [2.45, 2.75) is 71.8 Å². The average molecular weight is 197 g/mol. The monoisotopic (exact) mass is 197 g/mol. The average Bonchev–Trinajstić information content (AvgIpc) is 1.96. The molecule has 2 unspecified atom stereocenters. The molecule has 0 spiro atoms. The molecule has 0 aromatic carbocycles. The van der Waals surface area contributed by atoms with E-state index >= 15 is 0 Å². The fourth-order valence-corrected chi connectivity index (χ4v) is 3.53. The zero-order valence-corrected chi connectivity index (χ0v) is 10.4. The molecule has 84 valence electrons. The highest BCUT2D eigenvalue weighted by Gasteiger charge is 2.39. The van der Waals surface area contributed by atoms with Gasteiger partial charge in [0.25, 0.3) is 0 Å². The minimum absolute atomic E-state index is 0.136. The van der Waals surface area contributed by atoms with Gasteiger partial charge in [0, 0.05) is 5.54 Å². The fraction of sp³-hybridized carbons (Fsp3) is 1.00. The Morgan fingerprint density at radius 1 is 1.29 bits per heavy atom. The minimum Gasteiger partial charge on any atom is -0.325 e. The molecule has 2 atom stereocenters. The van der Waals surface area contributed by atoms with Crippen molar-refractivity contribution >= 4 is 0 Å². The second-order valence-electron chi connectivity index (χ2n) is 6.32. The summed E-state index contributed by atoms with van der Waals surface area (Å²) in [6.45, 7) is 9.35. The zero-order valence-electron chi connectivity index (χ0n) is 10.4. The van der Waals surface area contributed by atoms with E-state index < -0.39 is 0 Å². The molecule has 0 aliphatic heterocycles. The molecule has 0 amide bonds. The van der Waals surface area contributed by atoms with Gasteiger partial charge < -0.3 is 5.73 Å². The molecule has 0 aromatic rings. The summed E-state index contributed by atoms with van der Waals surface area (Å²) in [5.41, 5.74) is 7.11. The molecule has 1 aliphatic carbocycles. The Balaban J connectivity index is 2.59. The lowest BCUT2D eigenvalue weighted by Crippen LogP contribution is -2.49. The van der Waals surface area contributed by atoms with Crippen molar-refractivity contribution in [1.29, 1.82) is 0 Å². The van der Waals surface area contributed by atoms with E-state index in [-0.39, 0.29) is 5.54 Å². The SMILES string of the molecule is CCCCC1(N)CC(C)CC(C)(C)C1. The van der Waals surface area contributed by atoms with E-state index in [2.05, 4.69) is 27.7 Å². The lowest BCUT2D eigenvalue weighted by molar-refractivity contribution is 0.100. The second-order valence-corrected chi connectivity index (χ2v) is 6.32. The standard InChI is InChI=1S/C13H27N/c1-5-6-7-13(14)9-11(2)8-12(3,4)10-13/h11H,5-10,14H2,1-4H3. The van der Waals surface area contributed by atoms with Crippen molar-refractivity contribution in [3.63, 3.8) is 0 Å². The summed E-state index contributed by atoms with van der Waals surface area (Å²) in [4.78, 5) is 0. The molecule has 1 saturated carbocycles. The maximum absolute atomic E-state index is 6.51. The summed E-state index contributed by atoms with van der Waals surface area (Å²) in [6.07, 6.45) is 7.57. The number of rotatable bonds is 3. The molecule has 14 heavy (non-hydrogen) atoms. The Labute approximate surface area is 89.5 Å². The van der Waals surface area contributed by atoms with Crippen LogP contribution in [0.3, 0.4) is 0 Å². The van der Waals surface area contributed by atoms with E-state index in [4.69, 9.17) is 5.73 Å². The van der Waals surface area contributed by atoms with Crippen LogP contribution in [0.4, 0.5) is 0 Å².